The van der Waals surface area contributed by atoms with Crippen LogP contribution >= 0.6 is 0 Å². The number of hydrogen-bond acceptors (Lipinski definition) is 4. The first kappa shape index (κ1) is 20.0. The maximum absolute atomic E-state index is 14.6. The Kier molecular flexibility index (Phi) is 5.16. The average Bonchev–Trinajstić information content (AvgIpc) is 3.50. The molecule has 3 heterocycles. The van der Waals surface area contributed by atoms with Crippen molar-refractivity contribution in [3.63, 3.8) is 0 Å². The zero-order valence-electron chi connectivity index (χ0n) is 17.1. The molecule has 3 N–H and O–H groups in total. The molecule has 0 radical (unpaired) electrons. The van der Waals surface area contributed by atoms with Crippen molar-refractivity contribution in [2.45, 2.75) is 12.6 Å². The smallest absolute Gasteiger partial charge is 0.319 e. The first-order valence-electron chi connectivity index (χ1n) is 10.2. The summed E-state index contributed by atoms with van der Waals surface area (Å²) in [6.45, 7) is 0.667. The molecule has 32 heavy (non-hydrogen) atoms. The molecular weight excluding hydrogens is 411 g/mol. The molecule has 8 nitrogen and oxygen atoms in total. The first-order chi connectivity index (χ1) is 15.6. The largest absolute Gasteiger partial charge is 0.394 e. The van der Waals surface area contributed by atoms with E-state index in [9.17, 15) is 9.18 Å². The van der Waals surface area contributed by atoms with Crippen LogP contribution in [0.4, 0.5) is 14.9 Å². The Hall–Kier alpha value is -3.98. The van der Waals surface area contributed by atoms with Gasteiger partial charge in [-0.15, -0.1) is 0 Å². The molecule has 5 rings (SSSR count). The van der Waals surface area contributed by atoms with Gasteiger partial charge in [0.15, 0.2) is 0 Å². The van der Waals surface area contributed by atoms with Crippen LogP contribution in [0.1, 0.15) is 11.6 Å². The van der Waals surface area contributed by atoms with E-state index in [0.717, 1.165) is 16.8 Å². The van der Waals surface area contributed by atoms with E-state index in [-0.39, 0.29) is 12.6 Å². The fourth-order valence-electron chi connectivity index (χ4n) is 4.06. The molecule has 2 aromatic heterocycles. The van der Waals surface area contributed by atoms with Crippen molar-refractivity contribution >= 4 is 11.7 Å². The van der Waals surface area contributed by atoms with Crippen molar-refractivity contribution in [1.82, 2.24) is 24.6 Å². The number of anilines is 1. The summed E-state index contributed by atoms with van der Waals surface area (Å²) >= 11 is 0. The fourth-order valence-corrected chi connectivity index (χ4v) is 4.06. The lowest BCUT2D eigenvalue weighted by Gasteiger charge is -2.16. The summed E-state index contributed by atoms with van der Waals surface area (Å²) in [5, 5.41) is 18.6. The first-order valence-corrected chi connectivity index (χ1v) is 10.2. The van der Waals surface area contributed by atoms with Crippen LogP contribution in [-0.4, -0.2) is 43.6 Å². The number of rotatable bonds is 6. The third-order valence-corrected chi connectivity index (χ3v) is 5.55. The van der Waals surface area contributed by atoms with Gasteiger partial charge in [0.1, 0.15) is 5.82 Å². The number of urea groups is 1. The van der Waals surface area contributed by atoms with E-state index in [2.05, 4.69) is 20.7 Å². The Labute approximate surface area is 183 Å². The van der Waals surface area contributed by atoms with Gasteiger partial charge in [-0.2, -0.15) is 5.10 Å². The Morgan fingerprint density at radius 1 is 1.16 bits per heavy atom. The van der Waals surface area contributed by atoms with Gasteiger partial charge >= 0.3 is 6.03 Å². The van der Waals surface area contributed by atoms with Crippen LogP contribution in [0.5, 0.6) is 0 Å². The number of aliphatic hydroxyl groups is 1. The Morgan fingerprint density at radius 2 is 2.03 bits per heavy atom. The summed E-state index contributed by atoms with van der Waals surface area (Å²) in [6, 6.07) is 12.1. The quantitative estimate of drug-likeness (QED) is 0.436. The summed E-state index contributed by atoms with van der Waals surface area (Å²) < 4.78 is 18.2. The van der Waals surface area contributed by atoms with Crippen molar-refractivity contribution in [3.8, 4) is 22.4 Å². The number of imidazole rings is 1. The Bertz CT molecular complexity index is 1280. The number of aliphatic hydroxyl groups excluding tert-OH is 1. The average molecular weight is 432 g/mol. The molecule has 0 saturated carbocycles. The summed E-state index contributed by atoms with van der Waals surface area (Å²) in [7, 11) is 0. The van der Waals surface area contributed by atoms with Gasteiger partial charge < -0.3 is 20.3 Å². The number of benzene rings is 2. The number of halogens is 1. The summed E-state index contributed by atoms with van der Waals surface area (Å²) in [6.07, 6.45) is 6.78. The molecule has 162 valence electrons. The monoisotopic (exact) mass is 432 g/mol. The number of hydrogen-bond donors (Lipinski definition) is 3. The lowest BCUT2D eigenvalue weighted by molar-refractivity contribution is 0.251. The fraction of sp³-hybridized carbons (Fsp3) is 0.174. The number of nitrogens with zero attached hydrogens (tertiary/aromatic N) is 4. The van der Waals surface area contributed by atoms with E-state index in [1.54, 1.807) is 29.3 Å². The van der Waals surface area contributed by atoms with Gasteiger partial charge in [-0.1, -0.05) is 24.3 Å². The van der Waals surface area contributed by atoms with Crippen LogP contribution in [0, 0.1) is 5.82 Å². The van der Waals surface area contributed by atoms with Gasteiger partial charge in [0, 0.05) is 35.1 Å². The minimum absolute atomic E-state index is 0.0455. The maximum Gasteiger partial charge on any atom is 0.319 e. The van der Waals surface area contributed by atoms with Crippen LogP contribution < -0.4 is 10.6 Å². The zero-order chi connectivity index (χ0) is 22.1. The molecule has 1 unspecified atom stereocenters. The van der Waals surface area contributed by atoms with Crippen LogP contribution in [0.15, 0.2) is 67.4 Å². The Morgan fingerprint density at radius 3 is 2.88 bits per heavy atom. The van der Waals surface area contributed by atoms with Crippen molar-refractivity contribution in [2.24, 2.45) is 0 Å². The molecule has 0 fully saturated rings. The molecule has 0 saturated heterocycles. The molecule has 1 aliphatic rings. The van der Waals surface area contributed by atoms with Crippen LogP contribution in [0.2, 0.25) is 0 Å². The van der Waals surface area contributed by atoms with Gasteiger partial charge in [-0.25, -0.2) is 14.2 Å². The van der Waals surface area contributed by atoms with Crippen molar-refractivity contribution in [2.75, 3.05) is 18.5 Å². The number of amides is 2. The van der Waals surface area contributed by atoms with E-state index in [1.807, 2.05) is 35.0 Å². The second-order valence-corrected chi connectivity index (χ2v) is 7.53. The van der Waals surface area contributed by atoms with Crippen LogP contribution in [0.3, 0.4) is 0 Å². The highest BCUT2D eigenvalue weighted by Crippen LogP contribution is 2.38. The van der Waals surface area contributed by atoms with E-state index >= 15 is 0 Å². The van der Waals surface area contributed by atoms with Gasteiger partial charge in [-0.05, 0) is 23.8 Å². The van der Waals surface area contributed by atoms with E-state index in [1.165, 1.54) is 12.3 Å². The molecule has 1 aliphatic heterocycles. The highest BCUT2D eigenvalue weighted by atomic mass is 19.1. The zero-order valence-corrected chi connectivity index (χ0v) is 17.1. The molecule has 0 spiro atoms. The van der Waals surface area contributed by atoms with E-state index in [0.29, 0.717) is 29.9 Å². The third kappa shape index (κ3) is 3.63. The lowest BCUT2D eigenvalue weighted by atomic mass is 10.0. The van der Waals surface area contributed by atoms with Crippen molar-refractivity contribution < 1.29 is 14.3 Å². The summed E-state index contributed by atoms with van der Waals surface area (Å²) in [5.41, 5.74) is 4.58. The summed E-state index contributed by atoms with van der Waals surface area (Å²) in [4.78, 5) is 16.7. The molecular formula is C23H21FN6O2. The number of fused-ring (bicyclic) bond motifs is 3. The maximum atomic E-state index is 14.6. The van der Waals surface area contributed by atoms with Crippen LogP contribution in [-0.2, 0) is 6.54 Å². The second-order valence-electron chi connectivity index (χ2n) is 7.53. The highest BCUT2D eigenvalue weighted by Gasteiger charge is 2.28. The van der Waals surface area contributed by atoms with Gasteiger partial charge in [0.25, 0.3) is 0 Å². The number of nitrogens with one attached hydrogen (secondary N) is 2. The summed E-state index contributed by atoms with van der Waals surface area (Å²) in [5.74, 6) is -0.473. The van der Waals surface area contributed by atoms with Crippen LogP contribution in [0.25, 0.3) is 22.4 Å². The van der Waals surface area contributed by atoms with Gasteiger partial charge in [-0.3, -0.25) is 4.68 Å². The van der Waals surface area contributed by atoms with E-state index in [4.69, 9.17) is 5.11 Å². The van der Waals surface area contributed by atoms with Gasteiger partial charge in [0.2, 0.25) is 0 Å². The molecule has 9 heteroatoms. The lowest BCUT2D eigenvalue weighted by Crippen LogP contribution is -2.33. The van der Waals surface area contributed by atoms with E-state index < -0.39 is 11.8 Å². The molecule has 4 aromatic rings. The molecule has 0 bridgehead atoms. The normalized spacial score (nSPS) is 14.1. The highest BCUT2D eigenvalue weighted by molar-refractivity contribution is 5.89. The molecule has 1 atom stereocenters. The van der Waals surface area contributed by atoms with Gasteiger partial charge in [0.05, 0.1) is 43.6 Å². The number of carbonyl (C=O) groups is 1. The predicted molar refractivity (Wildman–Crippen MR) is 118 cm³/mol. The topological polar surface area (TPSA) is 97.0 Å². The molecule has 2 aromatic carbocycles. The standard InChI is InChI=1S/C23H21FN6O2/c24-20-9-16(5-6-17(20)15-10-27-29(13-15)7-8-31)28-23(32)26-12-22-19-4-2-1-3-18(19)21-11-25-14-30(21)22/h1-6,9-11,13-14,22,31H,7-8,12H2,(H2,26,28,32). The molecule has 0 aliphatic carbocycles. The number of carbonyl (C=O) groups excluding carboxylic acids is 1. The Balaban J connectivity index is 1.25. The van der Waals surface area contributed by atoms with Crippen molar-refractivity contribution in [1.29, 1.82) is 0 Å². The second kappa shape index (κ2) is 8.27. The van der Waals surface area contributed by atoms with Crippen molar-refractivity contribution in [3.05, 3.63) is 78.8 Å². The minimum Gasteiger partial charge on any atom is -0.394 e. The SMILES string of the molecule is O=C(NCC1c2ccccc2-c2cncn21)Nc1ccc(-c2cnn(CCO)c2)c(F)c1. The third-order valence-electron chi connectivity index (χ3n) is 5.55. The number of aromatic nitrogens is 4. The minimum atomic E-state index is -0.473. The molecule has 2 amide bonds. The predicted octanol–water partition coefficient (Wildman–Crippen LogP) is 3.27.